The smallest absolute Gasteiger partial charge is 0.144 e. The zero-order valence-electron chi connectivity index (χ0n) is 10.2. The first-order chi connectivity index (χ1) is 7.88. The molecule has 1 unspecified atom stereocenters. The van der Waals surface area contributed by atoms with Crippen molar-refractivity contribution in [3.8, 4) is 0 Å². The Morgan fingerprint density at radius 2 is 2.24 bits per heavy atom. The second kappa shape index (κ2) is 4.74. The molecule has 0 N–H and O–H groups in total. The molecule has 94 valence electrons. The topological polar surface area (TPSA) is 53.2 Å². The minimum Gasteiger partial charge on any atom is -0.591 e. The van der Waals surface area contributed by atoms with Crippen LogP contribution in [0.4, 0.5) is 0 Å². The van der Waals surface area contributed by atoms with Crippen molar-refractivity contribution in [2.24, 2.45) is 4.40 Å². The van der Waals surface area contributed by atoms with E-state index in [2.05, 4.69) is 25.4 Å². The Morgan fingerprint density at radius 1 is 1.53 bits per heavy atom. The van der Waals surface area contributed by atoms with Crippen molar-refractivity contribution < 1.29 is 4.55 Å². The maximum atomic E-state index is 12.0. The number of hydrogen-bond donors (Lipinski definition) is 0. The fraction of sp³-hybridized carbons (Fsp3) is 0.636. The number of fused-ring (bicyclic) bond motifs is 1. The molecule has 1 aliphatic heterocycles. The summed E-state index contributed by atoms with van der Waals surface area (Å²) in [5.74, 6) is 0. The predicted octanol–water partition coefficient (Wildman–Crippen LogP) is 2.69. The molecule has 17 heavy (non-hydrogen) atoms. The Balaban J connectivity index is 2.32. The van der Waals surface area contributed by atoms with Gasteiger partial charge >= 0.3 is 0 Å². The predicted molar refractivity (Wildman–Crippen MR) is 73.6 cm³/mol. The highest BCUT2D eigenvalue weighted by Gasteiger charge is 2.29. The molecule has 0 aromatic carbocycles. The number of hydrogen-bond acceptors (Lipinski definition) is 3. The molecule has 0 fully saturated rings. The molecule has 0 bridgehead atoms. The third-order valence-electron chi connectivity index (χ3n) is 2.55. The lowest BCUT2D eigenvalue weighted by atomic mass is 10.1. The van der Waals surface area contributed by atoms with E-state index in [9.17, 15) is 4.55 Å². The minimum atomic E-state index is -1.20. The first-order valence-electron chi connectivity index (χ1n) is 5.61. The fourth-order valence-electron chi connectivity index (χ4n) is 1.64. The monoisotopic (exact) mass is 317 g/mol. The average Bonchev–Trinajstić information content (AvgIpc) is 2.58. The number of halogens is 1. The van der Waals surface area contributed by atoms with E-state index in [0.717, 1.165) is 35.4 Å². The van der Waals surface area contributed by atoms with Gasteiger partial charge in [-0.25, -0.2) is 0 Å². The summed E-state index contributed by atoms with van der Waals surface area (Å²) >= 11 is 2.16. The van der Waals surface area contributed by atoms with Gasteiger partial charge in [-0.05, 0) is 49.5 Å². The van der Waals surface area contributed by atoms with Gasteiger partial charge in [0.2, 0.25) is 0 Å². The van der Waals surface area contributed by atoms with Gasteiger partial charge in [0.05, 0.1) is 5.69 Å². The maximum Gasteiger partial charge on any atom is 0.144 e. The highest BCUT2D eigenvalue weighted by Crippen LogP contribution is 2.23. The summed E-state index contributed by atoms with van der Waals surface area (Å²) in [5.41, 5.74) is 1.89. The van der Waals surface area contributed by atoms with Crippen LogP contribution < -0.4 is 0 Å². The SMILES string of the molecule is CC(C)(C)[S+]([O-])N=C1CCCn2nc(Br)cc21. The van der Waals surface area contributed by atoms with Crippen molar-refractivity contribution in [3.63, 3.8) is 0 Å². The highest BCUT2D eigenvalue weighted by atomic mass is 79.9. The van der Waals surface area contributed by atoms with Crippen LogP contribution in [-0.2, 0) is 17.9 Å². The Labute approximate surface area is 113 Å². The Hall–Kier alpha value is -0.330. The molecule has 6 heteroatoms. The van der Waals surface area contributed by atoms with Gasteiger partial charge in [-0.15, -0.1) is 0 Å². The van der Waals surface area contributed by atoms with Gasteiger partial charge in [-0.3, -0.25) is 4.68 Å². The van der Waals surface area contributed by atoms with Crippen molar-refractivity contribution >= 4 is 33.0 Å². The summed E-state index contributed by atoms with van der Waals surface area (Å²) in [6.45, 7) is 6.71. The largest absolute Gasteiger partial charge is 0.591 e. The van der Waals surface area contributed by atoms with Crippen LogP contribution in [0.15, 0.2) is 15.1 Å². The van der Waals surface area contributed by atoms with E-state index in [1.54, 1.807) is 0 Å². The van der Waals surface area contributed by atoms with E-state index in [4.69, 9.17) is 0 Å². The number of aromatic nitrogens is 2. The van der Waals surface area contributed by atoms with Crippen molar-refractivity contribution in [1.82, 2.24) is 9.78 Å². The summed E-state index contributed by atoms with van der Waals surface area (Å²) in [7, 11) is 0. The minimum absolute atomic E-state index is 0.313. The molecule has 1 aromatic rings. The van der Waals surface area contributed by atoms with Crippen molar-refractivity contribution in [2.45, 2.75) is 44.9 Å². The van der Waals surface area contributed by atoms with Gasteiger partial charge in [0.25, 0.3) is 0 Å². The van der Waals surface area contributed by atoms with E-state index < -0.39 is 11.4 Å². The van der Waals surface area contributed by atoms with Gasteiger partial charge < -0.3 is 4.55 Å². The third-order valence-corrected chi connectivity index (χ3v) is 4.37. The zero-order valence-corrected chi connectivity index (χ0v) is 12.6. The molecular formula is C11H16BrN3OS. The standard InChI is InChI=1S/C11H16BrN3OS/c1-11(2,3)17(16)14-8-5-4-6-15-9(8)7-10(12)13-15/h7H,4-6H2,1-3H3. The number of rotatable bonds is 1. The second-order valence-corrected chi connectivity index (χ2v) is 7.80. The Kier molecular flexibility index (Phi) is 3.66. The van der Waals surface area contributed by atoms with Crippen molar-refractivity contribution in [3.05, 3.63) is 16.4 Å². The lowest BCUT2D eigenvalue weighted by Crippen LogP contribution is -2.28. The number of aryl methyl sites for hydroxylation is 1. The number of nitrogens with zero attached hydrogens (tertiary/aromatic N) is 3. The molecule has 4 nitrogen and oxygen atoms in total. The summed E-state index contributed by atoms with van der Waals surface area (Å²) in [4.78, 5) is 0. The molecule has 2 rings (SSSR count). The van der Waals surface area contributed by atoms with Gasteiger partial charge in [0, 0.05) is 12.6 Å². The fourth-order valence-corrected chi connectivity index (χ4v) is 2.71. The molecule has 0 spiro atoms. The van der Waals surface area contributed by atoms with Crippen LogP contribution in [0.1, 0.15) is 39.3 Å². The van der Waals surface area contributed by atoms with Gasteiger partial charge in [-0.1, -0.05) is 4.40 Å². The molecular weight excluding hydrogens is 302 g/mol. The quantitative estimate of drug-likeness (QED) is 0.748. The molecule has 1 aromatic heterocycles. The van der Waals surface area contributed by atoms with Crippen LogP contribution in [-0.4, -0.2) is 24.8 Å². The lowest BCUT2D eigenvalue weighted by molar-refractivity contribution is 0.554. The van der Waals surface area contributed by atoms with E-state index in [-0.39, 0.29) is 4.75 Å². The van der Waals surface area contributed by atoms with Gasteiger partial charge in [0.15, 0.2) is 0 Å². The van der Waals surface area contributed by atoms with Crippen LogP contribution in [0.25, 0.3) is 0 Å². The van der Waals surface area contributed by atoms with Crippen LogP contribution in [0.5, 0.6) is 0 Å². The average molecular weight is 318 g/mol. The molecule has 0 amide bonds. The van der Waals surface area contributed by atoms with E-state index in [1.807, 2.05) is 31.5 Å². The second-order valence-electron chi connectivity index (χ2n) is 5.08. The van der Waals surface area contributed by atoms with Gasteiger partial charge in [-0.2, -0.15) is 5.10 Å². The molecule has 0 saturated carbocycles. The Morgan fingerprint density at radius 3 is 2.88 bits per heavy atom. The first-order valence-corrected chi connectivity index (χ1v) is 7.51. The highest BCUT2D eigenvalue weighted by molar-refractivity contribution is 9.10. The molecule has 0 saturated heterocycles. The zero-order chi connectivity index (χ0) is 12.6. The summed E-state index contributed by atoms with van der Waals surface area (Å²) in [6.07, 6.45) is 1.88. The van der Waals surface area contributed by atoms with Crippen LogP contribution in [0, 0.1) is 0 Å². The molecule has 2 heterocycles. The third kappa shape index (κ3) is 2.92. The normalized spacial score (nSPS) is 20.4. The van der Waals surface area contributed by atoms with Crippen molar-refractivity contribution in [2.75, 3.05) is 0 Å². The van der Waals surface area contributed by atoms with Crippen molar-refractivity contribution in [1.29, 1.82) is 0 Å². The summed E-state index contributed by atoms with van der Waals surface area (Å²) in [5, 5.41) is 4.32. The lowest BCUT2D eigenvalue weighted by Gasteiger charge is -2.21. The maximum absolute atomic E-state index is 12.0. The van der Waals surface area contributed by atoms with E-state index in [0.29, 0.717) is 0 Å². The molecule has 1 atom stereocenters. The van der Waals surface area contributed by atoms with E-state index >= 15 is 0 Å². The van der Waals surface area contributed by atoms with Crippen LogP contribution in [0.2, 0.25) is 0 Å². The first kappa shape index (κ1) is 13.1. The molecule has 0 aliphatic carbocycles. The van der Waals surface area contributed by atoms with Crippen LogP contribution >= 0.6 is 15.9 Å². The van der Waals surface area contributed by atoms with E-state index in [1.165, 1.54) is 0 Å². The summed E-state index contributed by atoms with van der Waals surface area (Å²) < 4.78 is 18.8. The molecule has 0 radical (unpaired) electrons. The van der Waals surface area contributed by atoms with Gasteiger partial charge in [0.1, 0.15) is 26.4 Å². The molecule has 1 aliphatic rings. The van der Waals surface area contributed by atoms with Crippen LogP contribution in [0.3, 0.4) is 0 Å². The summed E-state index contributed by atoms with van der Waals surface area (Å²) in [6, 6.07) is 1.94. The Bertz CT molecular complexity index is 450.